The molecular formula is C25H31ClN2O5. The normalized spacial score (nSPS) is 19.7. The van der Waals surface area contributed by atoms with E-state index in [0.717, 1.165) is 5.70 Å². The van der Waals surface area contributed by atoms with Gasteiger partial charge in [-0.1, -0.05) is 43.6 Å². The molecule has 0 spiro atoms. The molecule has 1 aliphatic carbocycles. The average molecular weight is 475 g/mol. The predicted octanol–water partition coefficient (Wildman–Crippen LogP) is 3.64. The van der Waals surface area contributed by atoms with Crippen LogP contribution in [0, 0.1) is 5.41 Å². The molecule has 0 fully saturated rings. The van der Waals surface area contributed by atoms with Gasteiger partial charge in [0.05, 0.1) is 31.1 Å². The lowest BCUT2D eigenvalue weighted by molar-refractivity contribution is -0.139. The van der Waals surface area contributed by atoms with Crippen molar-refractivity contribution < 1.29 is 23.9 Å². The lowest BCUT2D eigenvalue weighted by Gasteiger charge is -2.40. The van der Waals surface area contributed by atoms with Crippen LogP contribution in [0.5, 0.6) is 0 Å². The van der Waals surface area contributed by atoms with Crippen molar-refractivity contribution in [3.8, 4) is 0 Å². The zero-order chi connectivity index (χ0) is 24.2. The molecule has 1 heterocycles. The molecule has 2 N–H and O–H groups in total. The Morgan fingerprint density at radius 1 is 1.24 bits per heavy atom. The molecule has 33 heavy (non-hydrogen) atoms. The predicted molar refractivity (Wildman–Crippen MR) is 126 cm³/mol. The van der Waals surface area contributed by atoms with E-state index in [4.69, 9.17) is 21.1 Å². The summed E-state index contributed by atoms with van der Waals surface area (Å²) < 4.78 is 11.2. The second-order valence-corrected chi connectivity index (χ2v) is 9.47. The van der Waals surface area contributed by atoms with Crippen molar-refractivity contribution in [2.24, 2.45) is 5.41 Å². The van der Waals surface area contributed by atoms with Gasteiger partial charge in [0, 0.05) is 42.1 Å². The number of nitrogens with one attached hydrogen (secondary N) is 2. The van der Waals surface area contributed by atoms with E-state index in [1.54, 1.807) is 13.0 Å². The molecule has 0 aromatic heterocycles. The van der Waals surface area contributed by atoms with Crippen molar-refractivity contribution >= 4 is 29.3 Å². The van der Waals surface area contributed by atoms with Crippen LogP contribution < -0.4 is 10.6 Å². The third-order valence-corrected chi connectivity index (χ3v) is 6.05. The van der Waals surface area contributed by atoms with Gasteiger partial charge in [-0.15, -0.1) is 0 Å². The third kappa shape index (κ3) is 5.84. The number of allylic oxidation sites excluding steroid dienone is 2. The van der Waals surface area contributed by atoms with Gasteiger partial charge in [-0.05, 0) is 30.4 Å². The van der Waals surface area contributed by atoms with Crippen LogP contribution in [0.1, 0.15) is 52.0 Å². The Kier molecular flexibility index (Phi) is 7.97. The number of ether oxygens (including phenoxy) is 2. The van der Waals surface area contributed by atoms with Crippen LogP contribution in [0.2, 0.25) is 5.02 Å². The second-order valence-electron chi connectivity index (χ2n) is 9.06. The van der Waals surface area contributed by atoms with Crippen molar-refractivity contribution in [3.05, 3.63) is 57.4 Å². The molecule has 1 unspecified atom stereocenters. The Balaban J connectivity index is 2.07. The minimum Gasteiger partial charge on any atom is -0.463 e. The highest BCUT2D eigenvalue weighted by Crippen LogP contribution is 2.48. The van der Waals surface area contributed by atoms with Crippen LogP contribution in [0.15, 0.2) is 46.8 Å². The summed E-state index contributed by atoms with van der Waals surface area (Å²) >= 11 is 6.56. The fourth-order valence-electron chi connectivity index (χ4n) is 4.41. The summed E-state index contributed by atoms with van der Waals surface area (Å²) in [5.41, 5.74) is 2.69. The lowest BCUT2D eigenvalue weighted by atomic mass is 9.68. The Bertz CT molecular complexity index is 1010. The summed E-state index contributed by atoms with van der Waals surface area (Å²) in [5.74, 6) is -1.31. The summed E-state index contributed by atoms with van der Waals surface area (Å²) in [4.78, 5) is 37.6. The summed E-state index contributed by atoms with van der Waals surface area (Å²) in [6, 6.07) is 7.24. The Labute approximate surface area is 199 Å². The van der Waals surface area contributed by atoms with E-state index in [-0.39, 0.29) is 36.9 Å². The molecule has 0 radical (unpaired) electrons. The van der Waals surface area contributed by atoms with Gasteiger partial charge < -0.3 is 20.1 Å². The van der Waals surface area contributed by atoms with Crippen LogP contribution in [-0.2, 0) is 23.9 Å². The molecule has 1 aliphatic heterocycles. The molecule has 2 aliphatic rings. The van der Waals surface area contributed by atoms with Crippen molar-refractivity contribution in [1.82, 2.24) is 10.6 Å². The van der Waals surface area contributed by atoms with E-state index < -0.39 is 11.9 Å². The second kappa shape index (κ2) is 10.5. The SMILES string of the molecule is CCOC(=O)C1=C(COCCNC(C)=O)NC2=C(C(=O)CC(C)(C)C2)C1c1ccccc1Cl. The highest BCUT2D eigenvalue weighted by molar-refractivity contribution is 6.31. The number of hydrogen-bond donors (Lipinski definition) is 2. The third-order valence-electron chi connectivity index (χ3n) is 5.70. The lowest BCUT2D eigenvalue weighted by Crippen LogP contribution is -2.40. The minimum absolute atomic E-state index is 0.00825. The first kappa shape index (κ1) is 25.0. The van der Waals surface area contributed by atoms with Gasteiger partial charge in [-0.3, -0.25) is 9.59 Å². The Hall–Kier alpha value is -2.64. The summed E-state index contributed by atoms with van der Waals surface area (Å²) in [7, 11) is 0. The van der Waals surface area contributed by atoms with E-state index in [1.165, 1.54) is 6.92 Å². The molecule has 0 saturated carbocycles. The van der Waals surface area contributed by atoms with E-state index in [1.807, 2.05) is 18.2 Å². The number of dihydropyridines is 1. The first-order valence-electron chi connectivity index (χ1n) is 11.1. The van der Waals surface area contributed by atoms with Crippen LogP contribution in [0.25, 0.3) is 0 Å². The van der Waals surface area contributed by atoms with E-state index >= 15 is 0 Å². The summed E-state index contributed by atoms with van der Waals surface area (Å²) in [6.45, 7) is 8.19. The number of carbonyl (C=O) groups is 3. The van der Waals surface area contributed by atoms with Crippen LogP contribution >= 0.6 is 11.6 Å². The molecule has 7 nitrogen and oxygen atoms in total. The largest absolute Gasteiger partial charge is 0.463 e. The van der Waals surface area contributed by atoms with Gasteiger partial charge in [0.15, 0.2) is 5.78 Å². The quantitative estimate of drug-likeness (QED) is 0.441. The minimum atomic E-state index is -0.647. The molecule has 1 atom stereocenters. The Morgan fingerprint density at radius 2 is 1.97 bits per heavy atom. The number of amides is 1. The number of halogens is 1. The van der Waals surface area contributed by atoms with E-state index in [2.05, 4.69) is 24.5 Å². The highest BCUT2D eigenvalue weighted by atomic mass is 35.5. The number of rotatable bonds is 8. The first-order chi connectivity index (χ1) is 15.6. The monoisotopic (exact) mass is 474 g/mol. The van der Waals surface area contributed by atoms with Crippen molar-refractivity contribution in [3.63, 3.8) is 0 Å². The van der Waals surface area contributed by atoms with Crippen LogP contribution in [0.4, 0.5) is 0 Å². The maximum atomic E-state index is 13.3. The van der Waals surface area contributed by atoms with Crippen molar-refractivity contribution in [2.75, 3.05) is 26.4 Å². The zero-order valence-corrected chi connectivity index (χ0v) is 20.3. The van der Waals surface area contributed by atoms with E-state index in [0.29, 0.717) is 46.8 Å². The maximum Gasteiger partial charge on any atom is 0.336 e. The molecule has 0 bridgehead atoms. The number of esters is 1. The molecule has 3 rings (SSSR count). The van der Waals surface area contributed by atoms with Crippen LogP contribution in [0.3, 0.4) is 0 Å². The molecule has 8 heteroatoms. The molecule has 0 saturated heterocycles. The topological polar surface area (TPSA) is 93.7 Å². The number of hydrogen-bond acceptors (Lipinski definition) is 6. The molecule has 1 amide bonds. The van der Waals surface area contributed by atoms with Gasteiger partial charge in [-0.2, -0.15) is 0 Å². The average Bonchev–Trinajstić information content (AvgIpc) is 2.72. The summed E-state index contributed by atoms with van der Waals surface area (Å²) in [6.07, 6.45) is 1.04. The highest BCUT2D eigenvalue weighted by Gasteiger charge is 2.44. The van der Waals surface area contributed by atoms with Gasteiger partial charge in [0.2, 0.25) is 5.91 Å². The van der Waals surface area contributed by atoms with Gasteiger partial charge >= 0.3 is 5.97 Å². The fraction of sp³-hybridized carbons (Fsp3) is 0.480. The summed E-state index contributed by atoms with van der Waals surface area (Å²) in [5, 5.41) is 6.48. The number of ketones is 1. The number of benzene rings is 1. The smallest absolute Gasteiger partial charge is 0.336 e. The van der Waals surface area contributed by atoms with Gasteiger partial charge in [-0.25, -0.2) is 4.79 Å². The standard InChI is InChI=1S/C25H31ClN2O5/c1-5-33-24(31)23-19(14-32-11-10-27-15(2)29)28-18-12-25(3,4)13-20(30)22(18)21(23)16-8-6-7-9-17(16)26/h6-9,21,28H,5,10-14H2,1-4H3,(H,27,29). The fourth-order valence-corrected chi connectivity index (χ4v) is 4.65. The number of Topliss-reactive ketones (excluding diaryl/α,β-unsaturated/α-hetero) is 1. The Morgan fingerprint density at radius 3 is 2.64 bits per heavy atom. The van der Waals surface area contributed by atoms with Crippen LogP contribution in [-0.4, -0.2) is 44.0 Å². The number of carbonyl (C=O) groups excluding carboxylic acids is 3. The van der Waals surface area contributed by atoms with Crippen molar-refractivity contribution in [1.29, 1.82) is 0 Å². The molecular weight excluding hydrogens is 444 g/mol. The molecule has 178 valence electrons. The van der Waals surface area contributed by atoms with Crippen molar-refractivity contribution in [2.45, 2.75) is 46.5 Å². The molecule has 1 aromatic carbocycles. The zero-order valence-electron chi connectivity index (χ0n) is 19.5. The van der Waals surface area contributed by atoms with E-state index in [9.17, 15) is 14.4 Å². The van der Waals surface area contributed by atoms with Gasteiger partial charge in [0.1, 0.15) is 0 Å². The van der Waals surface area contributed by atoms with Gasteiger partial charge in [0.25, 0.3) is 0 Å². The maximum absolute atomic E-state index is 13.3. The first-order valence-corrected chi connectivity index (χ1v) is 11.5. The molecule has 1 aromatic rings.